The van der Waals surface area contributed by atoms with E-state index in [-0.39, 0.29) is 23.6 Å². The van der Waals surface area contributed by atoms with Crippen molar-refractivity contribution in [2.24, 2.45) is 12.5 Å². The van der Waals surface area contributed by atoms with E-state index in [1.54, 1.807) is 6.08 Å². The average Bonchev–Trinajstić information content (AvgIpc) is 3.64. The van der Waals surface area contributed by atoms with Crippen molar-refractivity contribution in [2.75, 3.05) is 6.54 Å². The summed E-state index contributed by atoms with van der Waals surface area (Å²) in [7, 11) is -3.46. The van der Waals surface area contributed by atoms with E-state index < -0.39 is 74.7 Å². The molecule has 47 heavy (non-hydrogen) atoms. The molecule has 0 unspecified atom stereocenters. The van der Waals surface area contributed by atoms with Gasteiger partial charge in [-0.25, -0.2) is 17.5 Å². The summed E-state index contributed by atoms with van der Waals surface area (Å²) in [6.45, 7) is -1.88. The van der Waals surface area contributed by atoms with Crippen molar-refractivity contribution < 1.29 is 43.9 Å². The minimum atomic E-state index is -4.98. The van der Waals surface area contributed by atoms with Gasteiger partial charge in [0.1, 0.15) is 18.1 Å². The van der Waals surface area contributed by atoms with Gasteiger partial charge in [-0.15, -0.1) is 0 Å². The number of sulfonamides is 1. The number of hydrogen-bond donors (Lipinski definition) is 0. The molecule has 1 saturated carbocycles. The SMILES string of the molecule is Cn1ccc(S(=O)(=O)N(CC(F)(F)F)[C@H]2CCC3=Cc4c(cnn4-c4ccc(F)cc4)C[C@]3(C(=O)c3cc(C(F)(F)F)ccn3)C2)n1. The quantitative estimate of drug-likeness (QED) is 0.181. The van der Waals surface area contributed by atoms with Gasteiger partial charge in [0.2, 0.25) is 0 Å². The van der Waals surface area contributed by atoms with Crippen molar-refractivity contribution in [3.63, 3.8) is 0 Å². The smallest absolute Gasteiger partial charge is 0.291 e. The highest BCUT2D eigenvalue weighted by atomic mass is 32.2. The molecule has 1 aromatic carbocycles. The Morgan fingerprint density at radius 3 is 2.45 bits per heavy atom. The van der Waals surface area contributed by atoms with E-state index in [2.05, 4.69) is 15.2 Å². The number of aryl methyl sites for hydroxylation is 1. The highest BCUT2D eigenvalue weighted by Crippen LogP contribution is 2.52. The first-order chi connectivity index (χ1) is 22.0. The summed E-state index contributed by atoms with van der Waals surface area (Å²) in [5.41, 5.74) is -1.75. The minimum Gasteiger partial charge on any atom is -0.291 e. The third-order valence-electron chi connectivity index (χ3n) is 8.47. The van der Waals surface area contributed by atoms with Crippen LogP contribution in [0.25, 0.3) is 11.8 Å². The first-order valence-corrected chi connectivity index (χ1v) is 15.6. The second-order valence-corrected chi connectivity index (χ2v) is 13.4. The first-order valence-electron chi connectivity index (χ1n) is 14.2. The van der Waals surface area contributed by atoms with Gasteiger partial charge < -0.3 is 0 Å². The van der Waals surface area contributed by atoms with E-state index in [9.17, 15) is 43.9 Å². The molecule has 3 heterocycles. The molecule has 0 radical (unpaired) electrons. The summed E-state index contributed by atoms with van der Waals surface area (Å²) in [5.74, 6) is -1.39. The second kappa shape index (κ2) is 11.4. The fourth-order valence-corrected chi connectivity index (χ4v) is 7.93. The molecule has 2 aliphatic carbocycles. The van der Waals surface area contributed by atoms with Crippen LogP contribution >= 0.6 is 0 Å². The number of benzene rings is 1. The van der Waals surface area contributed by atoms with Gasteiger partial charge in [-0.05, 0) is 79.8 Å². The number of alkyl halides is 6. The second-order valence-electron chi connectivity index (χ2n) is 11.5. The number of halogens is 7. The molecule has 9 nitrogen and oxygen atoms in total. The van der Waals surface area contributed by atoms with Gasteiger partial charge in [0, 0.05) is 25.5 Å². The Labute approximate surface area is 263 Å². The van der Waals surface area contributed by atoms with E-state index in [0.29, 0.717) is 34.7 Å². The maximum atomic E-state index is 14.4. The van der Waals surface area contributed by atoms with Crippen LogP contribution in [-0.4, -0.2) is 61.8 Å². The molecule has 0 spiro atoms. The lowest BCUT2D eigenvalue weighted by Gasteiger charge is -2.46. The standard InChI is InChI=1S/C30H25F7N6O3S/c1-41-11-9-26(40-41)47(45,46)42(17-29(32,33)34)23-5-2-19-13-25-18(16-39-43(25)22-6-3-21(31)4-7-22)14-28(19,15-23)27(44)24-12-20(8-10-38-24)30(35,36)37/h3-4,6-13,16,23H,2,5,14-15,17H2,1H3/t23-,28-/m0/s1. The van der Waals surface area contributed by atoms with Crippen molar-refractivity contribution in [3.05, 3.63) is 95.0 Å². The zero-order valence-corrected chi connectivity index (χ0v) is 25.2. The summed E-state index contributed by atoms with van der Waals surface area (Å²) in [6, 6.07) is 6.29. The molecule has 2 atom stereocenters. The number of hydrogen-bond acceptors (Lipinski definition) is 6. The Bertz CT molecular complexity index is 1980. The molecule has 0 amide bonds. The van der Waals surface area contributed by atoms with Crippen molar-refractivity contribution in [1.29, 1.82) is 0 Å². The molecular formula is C30H25F7N6O3S. The number of rotatable bonds is 7. The molecule has 0 saturated heterocycles. The normalized spacial score (nSPS) is 20.1. The Morgan fingerprint density at radius 1 is 1.09 bits per heavy atom. The van der Waals surface area contributed by atoms with E-state index >= 15 is 0 Å². The largest absolute Gasteiger partial charge is 0.416 e. The van der Waals surface area contributed by atoms with E-state index in [1.807, 2.05) is 0 Å². The number of carbonyl (C=O) groups excluding carboxylic acids is 1. The Morgan fingerprint density at radius 2 is 1.81 bits per heavy atom. The van der Waals surface area contributed by atoms with Crippen LogP contribution in [0.2, 0.25) is 0 Å². The van der Waals surface area contributed by atoms with Gasteiger partial charge in [0.05, 0.1) is 28.6 Å². The molecule has 0 aliphatic heterocycles. The van der Waals surface area contributed by atoms with E-state index in [4.69, 9.17) is 0 Å². The van der Waals surface area contributed by atoms with Gasteiger partial charge in [-0.1, -0.05) is 5.57 Å². The zero-order valence-electron chi connectivity index (χ0n) is 24.4. The summed E-state index contributed by atoms with van der Waals surface area (Å²) in [4.78, 5) is 18.3. The van der Waals surface area contributed by atoms with Crippen LogP contribution in [0.4, 0.5) is 30.7 Å². The fourth-order valence-electron chi connectivity index (χ4n) is 6.33. The monoisotopic (exact) mass is 682 g/mol. The Hall–Kier alpha value is -4.38. The predicted molar refractivity (Wildman–Crippen MR) is 152 cm³/mol. The maximum absolute atomic E-state index is 14.4. The van der Waals surface area contributed by atoms with Crippen LogP contribution in [0.1, 0.15) is 46.6 Å². The average molecular weight is 683 g/mol. The summed E-state index contributed by atoms with van der Waals surface area (Å²) < 4.78 is 127. The molecule has 3 aromatic heterocycles. The van der Waals surface area contributed by atoms with Crippen LogP contribution in [0, 0.1) is 11.2 Å². The van der Waals surface area contributed by atoms with Crippen LogP contribution in [0.15, 0.2) is 71.7 Å². The molecule has 6 rings (SSSR count). The predicted octanol–water partition coefficient (Wildman–Crippen LogP) is 5.77. The van der Waals surface area contributed by atoms with Gasteiger partial charge in [0.15, 0.2) is 10.8 Å². The Kier molecular flexibility index (Phi) is 7.90. The van der Waals surface area contributed by atoms with Gasteiger partial charge in [-0.2, -0.15) is 40.8 Å². The third kappa shape index (κ3) is 6.08. The molecule has 0 bridgehead atoms. The van der Waals surface area contributed by atoms with Crippen molar-refractivity contribution in [2.45, 2.75) is 49.1 Å². The first kappa shape index (κ1) is 32.6. The lowest BCUT2D eigenvalue weighted by molar-refractivity contribution is -0.140. The zero-order chi connectivity index (χ0) is 33.9. The van der Waals surface area contributed by atoms with Crippen molar-refractivity contribution >= 4 is 21.9 Å². The van der Waals surface area contributed by atoms with Gasteiger partial charge >= 0.3 is 12.4 Å². The van der Waals surface area contributed by atoms with E-state index in [1.165, 1.54) is 48.4 Å². The molecule has 0 N–H and O–H groups in total. The van der Waals surface area contributed by atoms with Crippen LogP contribution in [-0.2, 0) is 29.7 Å². The number of carbonyl (C=O) groups is 1. The molecule has 17 heteroatoms. The fraction of sp³-hybridized carbons (Fsp3) is 0.333. The lowest BCUT2D eigenvalue weighted by atomic mass is 9.60. The molecule has 248 valence electrons. The number of nitrogens with zero attached hydrogens (tertiary/aromatic N) is 6. The third-order valence-corrected chi connectivity index (χ3v) is 10.3. The molecule has 4 aromatic rings. The Balaban J connectivity index is 1.48. The number of allylic oxidation sites excluding steroid dienone is 1. The topological polar surface area (TPSA) is 103 Å². The minimum absolute atomic E-state index is 0.0739. The highest BCUT2D eigenvalue weighted by molar-refractivity contribution is 7.89. The molecule has 1 fully saturated rings. The number of fused-ring (bicyclic) bond motifs is 2. The van der Waals surface area contributed by atoms with Crippen molar-refractivity contribution in [3.8, 4) is 5.69 Å². The summed E-state index contributed by atoms with van der Waals surface area (Å²) in [5, 5.41) is 7.53. The maximum Gasteiger partial charge on any atom is 0.416 e. The highest BCUT2D eigenvalue weighted by Gasteiger charge is 2.53. The van der Waals surface area contributed by atoms with Crippen LogP contribution in [0.5, 0.6) is 0 Å². The van der Waals surface area contributed by atoms with Crippen molar-refractivity contribution in [1.82, 2.24) is 28.9 Å². The number of Topliss-reactive ketones (excluding diaryl/α,β-unsaturated/α-hetero) is 1. The molecule has 2 aliphatic rings. The van der Waals surface area contributed by atoms with E-state index in [0.717, 1.165) is 16.9 Å². The van der Waals surface area contributed by atoms with Gasteiger partial charge in [0.25, 0.3) is 10.0 Å². The van der Waals surface area contributed by atoms with Crippen LogP contribution < -0.4 is 0 Å². The van der Waals surface area contributed by atoms with Gasteiger partial charge in [-0.3, -0.25) is 14.5 Å². The lowest BCUT2D eigenvalue weighted by Crippen LogP contribution is -2.52. The summed E-state index contributed by atoms with van der Waals surface area (Å²) >= 11 is 0. The van der Waals surface area contributed by atoms with Crippen LogP contribution in [0.3, 0.4) is 0 Å². The number of aromatic nitrogens is 5. The summed E-state index contributed by atoms with van der Waals surface area (Å²) in [6.07, 6.45) is -5.64. The number of pyridine rings is 1. The number of ketones is 1. The molecular weight excluding hydrogens is 657 g/mol.